The molecule has 0 aliphatic rings. The van der Waals surface area contributed by atoms with Crippen LogP contribution in [-0.2, 0) is 0 Å². The fourth-order valence-electron chi connectivity index (χ4n) is 0.784. The average molecular weight is 137 g/mol. The lowest BCUT2D eigenvalue weighted by Crippen LogP contribution is -1.91. The van der Waals surface area contributed by atoms with Gasteiger partial charge < -0.3 is 10.7 Å². The van der Waals surface area contributed by atoms with Crippen LogP contribution in [-0.4, -0.2) is 19.9 Å². The molecule has 10 heavy (non-hydrogen) atoms. The number of nitrogens with one attached hydrogen (secondary N) is 1. The van der Waals surface area contributed by atoms with Gasteiger partial charge in [-0.2, -0.15) is 0 Å². The van der Waals surface area contributed by atoms with Crippen molar-refractivity contribution in [2.24, 2.45) is 0 Å². The van der Waals surface area contributed by atoms with Gasteiger partial charge >= 0.3 is 0 Å². The van der Waals surface area contributed by atoms with E-state index in [1.807, 2.05) is 0 Å². The highest BCUT2D eigenvalue weighted by Gasteiger charge is 1.99. The molecule has 2 aromatic rings. The van der Waals surface area contributed by atoms with Crippen LogP contribution in [0.5, 0.6) is 0 Å². The van der Waals surface area contributed by atoms with Crippen molar-refractivity contribution in [1.29, 1.82) is 0 Å². The van der Waals surface area contributed by atoms with E-state index >= 15 is 0 Å². The number of hydrogen-bond donors (Lipinski definition) is 2. The van der Waals surface area contributed by atoms with Crippen LogP contribution in [0.1, 0.15) is 0 Å². The molecule has 0 saturated heterocycles. The Labute approximate surface area is 56.3 Å². The van der Waals surface area contributed by atoms with Crippen LogP contribution < -0.4 is 5.73 Å². The molecule has 50 valence electrons. The summed E-state index contributed by atoms with van der Waals surface area (Å²) in [6.07, 6.45) is 2.92. The van der Waals surface area contributed by atoms with E-state index in [9.17, 15) is 0 Å². The third-order valence-corrected chi connectivity index (χ3v) is 1.25. The van der Waals surface area contributed by atoms with E-state index in [-0.39, 0.29) is 0 Å². The summed E-state index contributed by atoms with van der Waals surface area (Å²) in [5.41, 5.74) is 6.78. The molecular formula is C5H5N5. The van der Waals surface area contributed by atoms with Gasteiger partial charge in [0.25, 0.3) is 0 Å². The third-order valence-electron chi connectivity index (χ3n) is 1.25. The number of anilines is 1. The molecule has 5 nitrogen and oxygen atoms in total. The monoisotopic (exact) mass is 137 g/mol. The van der Waals surface area contributed by atoms with Crippen LogP contribution in [0.25, 0.3) is 11.2 Å². The second-order valence-corrected chi connectivity index (χ2v) is 1.86. The minimum Gasteiger partial charge on any atom is -0.382 e. The molecule has 0 aromatic carbocycles. The van der Waals surface area contributed by atoms with Gasteiger partial charge in [-0.1, -0.05) is 0 Å². The second kappa shape index (κ2) is 1.66. The van der Waals surface area contributed by atoms with Gasteiger partial charge in [-0.3, -0.25) is 0 Å². The molecular weight excluding hydrogens is 132 g/mol. The zero-order chi connectivity index (χ0) is 6.97. The maximum atomic E-state index is 5.48. The number of aromatic amines is 1. The Bertz CT molecular complexity index is 352. The minimum absolute atomic E-state index is 0.433. The second-order valence-electron chi connectivity index (χ2n) is 1.86. The SMILES string of the molecule is [15NH2][13c]1ncnc2nc[nH]c21. The molecule has 0 spiro atoms. The van der Waals surface area contributed by atoms with Crippen molar-refractivity contribution in [3.8, 4) is 0 Å². The molecule has 2 rings (SSSR count). The van der Waals surface area contributed by atoms with Crippen molar-refractivity contribution < 1.29 is 0 Å². The molecule has 5 heteroatoms. The molecule has 0 atom stereocenters. The molecule has 0 bridgehead atoms. The summed E-state index contributed by atoms with van der Waals surface area (Å²) in [5, 5.41) is 0. The van der Waals surface area contributed by atoms with Gasteiger partial charge in [-0.15, -0.1) is 0 Å². The first-order valence-electron chi connectivity index (χ1n) is 2.77. The topological polar surface area (TPSA) is 80.5 Å². The predicted molar refractivity (Wildman–Crippen MR) is 36.1 cm³/mol. The molecule has 0 radical (unpaired) electrons. The van der Waals surface area contributed by atoms with Gasteiger partial charge in [-0.25, -0.2) is 15.0 Å². The molecule has 0 aliphatic heterocycles. The molecule has 2 heterocycles. The minimum atomic E-state index is 0.433. The van der Waals surface area contributed by atoms with Crippen molar-refractivity contribution in [2.45, 2.75) is 0 Å². The van der Waals surface area contributed by atoms with Crippen LogP contribution in [0.2, 0.25) is 0 Å². The Morgan fingerprint density at radius 3 is 3.00 bits per heavy atom. The number of hydrogen-bond acceptors (Lipinski definition) is 4. The van der Waals surface area contributed by atoms with Gasteiger partial charge in [0.2, 0.25) is 0 Å². The number of nitrogens with zero attached hydrogens (tertiary/aromatic N) is 3. The number of aromatic nitrogens is 4. The highest BCUT2D eigenvalue weighted by atomic mass is 15.6. The molecule has 0 amide bonds. The zero-order valence-corrected chi connectivity index (χ0v) is 5.07. The highest BCUT2D eigenvalue weighted by Crippen LogP contribution is 2.09. The Hall–Kier alpha value is -1.65. The van der Waals surface area contributed by atoms with E-state index in [1.54, 1.807) is 0 Å². The zero-order valence-electron chi connectivity index (χ0n) is 5.07. The highest BCUT2D eigenvalue weighted by molar-refractivity contribution is 5.80. The largest absolute Gasteiger partial charge is 0.382 e. The van der Waals surface area contributed by atoms with Crippen molar-refractivity contribution >= 4 is 17.0 Å². The quantitative estimate of drug-likeness (QED) is 0.498. The average Bonchev–Trinajstić information content (AvgIpc) is 2.36. The smallest absolute Gasteiger partial charge is 0.182 e. The summed E-state index contributed by atoms with van der Waals surface area (Å²) in [6.45, 7) is 0. The first kappa shape index (κ1) is 5.16. The summed E-state index contributed by atoms with van der Waals surface area (Å²) in [6, 6.07) is 0. The van der Waals surface area contributed by atoms with Crippen LogP contribution in [0, 0.1) is 0 Å². The van der Waals surface area contributed by atoms with Gasteiger partial charge in [0.1, 0.15) is 11.8 Å². The van der Waals surface area contributed by atoms with E-state index in [0.29, 0.717) is 17.0 Å². The van der Waals surface area contributed by atoms with Crippen LogP contribution in [0.3, 0.4) is 0 Å². The van der Waals surface area contributed by atoms with Crippen molar-refractivity contribution in [3.63, 3.8) is 0 Å². The third kappa shape index (κ3) is 0.540. The van der Waals surface area contributed by atoms with Gasteiger partial charge in [0, 0.05) is 0 Å². The molecule has 0 saturated carbocycles. The van der Waals surface area contributed by atoms with E-state index in [1.165, 1.54) is 12.7 Å². The number of H-pyrrole nitrogens is 1. The van der Waals surface area contributed by atoms with Crippen LogP contribution in [0.15, 0.2) is 12.7 Å². The van der Waals surface area contributed by atoms with E-state index in [2.05, 4.69) is 19.9 Å². The number of imidazole rings is 1. The lowest BCUT2D eigenvalue weighted by atomic mass is 10.7. The maximum Gasteiger partial charge on any atom is 0.182 e. The summed E-state index contributed by atoms with van der Waals surface area (Å²) >= 11 is 0. The first-order chi connectivity index (χ1) is 4.88. The first-order valence-corrected chi connectivity index (χ1v) is 2.77. The molecule has 0 fully saturated rings. The van der Waals surface area contributed by atoms with Crippen LogP contribution >= 0.6 is 0 Å². The fourth-order valence-corrected chi connectivity index (χ4v) is 0.784. The Kier molecular flexibility index (Phi) is 0.858. The number of fused-ring (bicyclic) bond motifs is 1. The normalized spacial score (nSPS) is 10.4. The summed E-state index contributed by atoms with van der Waals surface area (Å²) < 4.78 is 0. The lowest BCUT2D eigenvalue weighted by Gasteiger charge is -1.89. The predicted octanol–water partition coefficient (Wildman–Crippen LogP) is -0.0649. The maximum absolute atomic E-state index is 5.48. The number of nitrogen functional groups attached to an aromatic ring is 1. The van der Waals surface area contributed by atoms with E-state index in [0.717, 1.165) is 0 Å². The van der Waals surface area contributed by atoms with Crippen LogP contribution in [0.4, 0.5) is 5.82 Å². The fraction of sp³-hybridized carbons (Fsp3) is 0. The number of rotatable bonds is 0. The van der Waals surface area contributed by atoms with Gasteiger partial charge in [0.15, 0.2) is 11.5 Å². The molecule has 2 aromatic heterocycles. The molecule has 3 N–H and O–H groups in total. The standard InChI is InChI=1S/C5H5N5/c6-4-3-5(9-1-7-3)10-2-8-4/h1-2H,(H3,6,7,8,9,10)/i4+1,6+1. The Morgan fingerprint density at radius 2 is 2.20 bits per heavy atom. The van der Waals surface area contributed by atoms with E-state index in [4.69, 9.17) is 5.73 Å². The summed E-state index contributed by atoms with van der Waals surface area (Å²) in [5.74, 6) is 0.433. The van der Waals surface area contributed by atoms with E-state index < -0.39 is 0 Å². The van der Waals surface area contributed by atoms with Gasteiger partial charge in [-0.05, 0) is 0 Å². The molecule has 0 unspecified atom stereocenters. The Morgan fingerprint density at radius 1 is 1.30 bits per heavy atom. The van der Waals surface area contributed by atoms with Crippen molar-refractivity contribution in [1.82, 2.24) is 19.9 Å². The molecule has 0 aliphatic carbocycles. The number of nitrogens with two attached hydrogens (primary N) is 1. The Balaban J connectivity index is 2.95. The van der Waals surface area contributed by atoms with Crippen molar-refractivity contribution in [2.75, 3.05) is 5.73 Å². The summed E-state index contributed by atoms with van der Waals surface area (Å²) in [7, 11) is 0. The van der Waals surface area contributed by atoms with Crippen molar-refractivity contribution in [3.05, 3.63) is 12.7 Å². The van der Waals surface area contributed by atoms with Gasteiger partial charge in [0.05, 0.1) is 6.33 Å². The summed E-state index contributed by atoms with van der Waals surface area (Å²) in [4.78, 5) is 14.4. The lowest BCUT2D eigenvalue weighted by molar-refractivity contribution is 1.21.